The number of carboxylic acid groups (broad SMARTS) is 2. The number of amides is 1. The maximum absolute atomic E-state index is 12.2. The van der Waals surface area contributed by atoms with Crippen LogP contribution in [0.25, 0.3) is 10.8 Å². The molecule has 5 N–H and O–H groups in total. The molecule has 0 aliphatic heterocycles. The van der Waals surface area contributed by atoms with Gasteiger partial charge >= 0.3 is 18.1 Å². The minimum Gasteiger partial charge on any atom is -0.478 e. The zero-order valence-corrected chi connectivity index (χ0v) is 21.7. The molecule has 2 aliphatic rings. The summed E-state index contributed by atoms with van der Waals surface area (Å²) in [7, 11) is 0. The number of aryl methyl sites for hydroxylation is 1. The summed E-state index contributed by atoms with van der Waals surface area (Å²) in [6.45, 7) is 1.64. The van der Waals surface area contributed by atoms with E-state index in [1.165, 1.54) is 30.7 Å². The number of rotatable bonds is 3. The van der Waals surface area contributed by atoms with Crippen LogP contribution in [0, 0.1) is 23.3 Å². The normalized spacial score (nSPS) is 15.9. The van der Waals surface area contributed by atoms with Crippen LogP contribution in [-0.4, -0.2) is 40.4 Å². The molecular weight excluding hydrogens is 524 g/mol. The van der Waals surface area contributed by atoms with Crippen molar-refractivity contribution < 1.29 is 42.2 Å². The highest BCUT2D eigenvalue weighted by Crippen LogP contribution is 2.37. The van der Waals surface area contributed by atoms with E-state index in [1.54, 1.807) is 6.92 Å². The molecule has 2 saturated carbocycles. The van der Waals surface area contributed by atoms with Crippen LogP contribution >= 0.6 is 0 Å². The predicted octanol–water partition coefficient (Wildman–Crippen LogP) is 7.39. The Morgan fingerprint density at radius 3 is 1.54 bits per heavy atom. The number of primary amides is 1. The molecule has 0 spiro atoms. The van der Waals surface area contributed by atoms with Gasteiger partial charge in [0.25, 0.3) is 0 Å². The first kappa shape index (κ1) is 33.5. The molecule has 0 bridgehead atoms. The number of nitrogens with one attached hydrogen (secondary N) is 1. The Hall–Kier alpha value is -3.57. The number of nitrogens with two attached hydrogens (primary N) is 1. The van der Waals surface area contributed by atoms with Crippen LogP contribution in [0.15, 0.2) is 24.3 Å². The van der Waals surface area contributed by atoms with Crippen molar-refractivity contribution in [2.45, 2.75) is 83.5 Å². The first-order valence-corrected chi connectivity index (χ1v) is 12.6. The molecule has 12 heteroatoms. The van der Waals surface area contributed by atoms with Gasteiger partial charge in [0.1, 0.15) is 6.17 Å². The fraction of sp³-hybridized carbons (Fsp3) is 0.519. The number of carboxylic acids is 2. The second-order valence-corrected chi connectivity index (χ2v) is 9.43. The lowest BCUT2D eigenvalue weighted by Crippen LogP contribution is -2.24. The molecule has 0 aromatic heterocycles. The van der Waals surface area contributed by atoms with E-state index in [0.29, 0.717) is 18.4 Å². The molecule has 2 aromatic rings. The average molecular weight is 559 g/mol. The fourth-order valence-corrected chi connectivity index (χ4v) is 4.71. The largest absolute Gasteiger partial charge is 0.478 e. The highest BCUT2D eigenvalue weighted by Gasteiger charge is 2.39. The van der Waals surface area contributed by atoms with Crippen molar-refractivity contribution >= 4 is 28.6 Å². The number of hydrogen-bond donors (Lipinski definition) is 4. The van der Waals surface area contributed by atoms with Crippen LogP contribution in [0.2, 0.25) is 0 Å². The fourth-order valence-electron chi connectivity index (χ4n) is 4.71. The number of benzene rings is 2. The standard InChI is InChI=1S/C14H11NO5.C7H11F3.C6H11F.HNO/c1-6-2-3-9(14(19)20)11-7(12(15)16)4-5-8(10(6)11)13(17)18;8-7(9,10)6-4-2-1-3-5-6;7-6-4-2-1-3-5-6;1-2/h2-5H,1H3,(H2,15,16)(H,17,18)(H,19,20);6H,1-5H2;6H,1-5H2;1H. The highest BCUT2D eigenvalue weighted by atomic mass is 19.4. The van der Waals surface area contributed by atoms with Crippen molar-refractivity contribution in [3.8, 4) is 0 Å². The Bertz CT molecular complexity index is 1110. The zero-order valence-electron chi connectivity index (χ0n) is 21.7. The molecule has 1 amide bonds. The third kappa shape index (κ3) is 9.92. The number of carbonyl (C=O) groups is 3. The van der Waals surface area contributed by atoms with Gasteiger partial charge in [-0.2, -0.15) is 18.1 Å². The van der Waals surface area contributed by atoms with Crippen LogP contribution in [-0.2, 0) is 0 Å². The van der Waals surface area contributed by atoms with E-state index < -0.39 is 36.1 Å². The molecule has 39 heavy (non-hydrogen) atoms. The van der Waals surface area contributed by atoms with E-state index in [1.807, 2.05) is 0 Å². The number of fused-ring (bicyclic) bond motifs is 1. The highest BCUT2D eigenvalue weighted by molar-refractivity contribution is 6.18. The minimum absolute atomic E-state index is 0.00824. The van der Waals surface area contributed by atoms with Crippen molar-refractivity contribution in [3.63, 3.8) is 0 Å². The second kappa shape index (κ2) is 15.7. The van der Waals surface area contributed by atoms with Crippen LogP contribution in [0.1, 0.15) is 101 Å². The van der Waals surface area contributed by atoms with Crippen LogP contribution in [0.4, 0.5) is 17.6 Å². The van der Waals surface area contributed by atoms with E-state index in [-0.39, 0.29) is 27.5 Å². The maximum Gasteiger partial charge on any atom is 0.391 e. The summed E-state index contributed by atoms with van der Waals surface area (Å²) in [5.74, 6) is -4.25. The topological polar surface area (TPSA) is 159 Å². The lowest BCUT2D eigenvalue weighted by Gasteiger charge is -2.23. The third-order valence-electron chi connectivity index (χ3n) is 6.70. The molecule has 8 nitrogen and oxygen atoms in total. The van der Waals surface area contributed by atoms with Gasteiger partial charge in [-0.05, 0) is 56.4 Å². The van der Waals surface area contributed by atoms with E-state index in [9.17, 15) is 42.2 Å². The van der Waals surface area contributed by atoms with Crippen molar-refractivity contribution in [1.82, 2.24) is 0 Å². The first-order chi connectivity index (χ1) is 18.3. The van der Waals surface area contributed by atoms with Gasteiger partial charge in [-0.15, -0.1) is 0 Å². The number of halogens is 4. The third-order valence-corrected chi connectivity index (χ3v) is 6.70. The summed E-state index contributed by atoms with van der Waals surface area (Å²) in [4.78, 5) is 41.5. The molecule has 216 valence electrons. The zero-order chi connectivity index (χ0) is 29.8. The van der Waals surface area contributed by atoms with Gasteiger partial charge < -0.3 is 15.9 Å². The number of hydrogen-bond acceptors (Lipinski definition) is 5. The van der Waals surface area contributed by atoms with E-state index in [0.717, 1.165) is 44.9 Å². The lowest BCUT2D eigenvalue weighted by atomic mass is 9.89. The van der Waals surface area contributed by atoms with E-state index >= 15 is 0 Å². The summed E-state index contributed by atoms with van der Waals surface area (Å²) in [5.41, 5.74) is 10.1. The summed E-state index contributed by atoms with van der Waals surface area (Å²) in [6.07, 6.45) is 3.91. The Morgan fingerprint density at radius 1 is 0.769 bits per heavy atom. The van der Waals surface area contributed by atoms with Crippen LogP contribution in [0.5, 0.6) is 0 Å². The Morgan fingerprint density at radius 2 is 1.18 bits per heavy atom. The van der Waals surface area contributed by atoms with Crippen molar-refractivity contribution in [1.29, 1.82) is 5.59 Å². The van der Waals surface area contributed by atoms with Gasteiger partial charge in [0.05, 0.1) is 17.0 Å². The van der Waals surface area contributed by atoms with Crippen LogP contribution < -0.4 is 5.73 Å². The number of nitroso groups, excluding NO2 is 1. The molecule has 0 radical (unpaired) electrons. The van der Waals surface area contributed by atoms with Crippen LogP contribution in [0.3, 0.4) is 0 Å². The van der Waals surface area contributed by atoms with E-state index in [2.05, 4.69) is 5.59 Å². The molecule has 0 unspecified atom stereocenters. The second-order valence-electron chi connectivity index (χ2n) is 9.43. The van der Waals surface area contributed by atoms with Gasteiger partial charge in [0, 0.05) is 16.3 Å². The summed E-state index contributed by atoms with van der Waals surface area (Å²) in [6, 6.07) is 5.32. The molecule has 2 aromatic carbocycles. The van der Waals surface area contributed by atoms with E-state index in [4.69, 9.17) is 10.6 Å². The summed E-state index contributed by atoms with van der Waals surface area (Å²) < 4.78 is 48.0. The van der Waals surface area contributed by atoms with Gasteiger partial charge in [-0.3, -0.25) is 4.79 Å². The molecule has 0 atom stereocenters. The molecular formula is C27H34F4N2O6. The molecule has 4 rings (SSSR count). The number of alkyl halides is 4. The Labute approximate surface area is 223 Å². The molecule has 2 fully saturated rings. The molecule has 0 saturated heterocycles. The van der Waals surface area contributed by atoms with Gasteiger partial charge in [-0.1, -0.05) is 50.2 Å². The number of carbonyl (C=O) groups excluding carboxylic acids is 1. The van der Waals surface area contributed by atoms with Crippen molar-refractivity contribution in [2.24, 2.45) is 11.7 Å². The van der Waals surface area contributed by atoms with Gasteiger partial charge in [0.2, 0.25) is 5.91 Å². The molecule has 0 heterocycles. The minimum atomic E-state index is -3.93. The average Bonchev–Trinajstić information content (AvgIpc) is 2.90. The summed E-state index contributed by atoms with van der Waals surface area (Å²) in [5, 5.41) is 18.7. The SMILES string of the molecule is Cc1ccc(C(=O)O)c2c(C(N)=O)ccc(C(=O)O)c12.FC(F)(F)C1CCCCC1.FC1CCCCC1.N=O. The first-order valence-electron chi connectivity index (χ1n) is 12.6. The summed E-state index contributed by atoms with van der Waals surface area (Å²) >= 11 is 0. The predicted molar refractivity (Wildman–Crippen MR) is 138 cm³/mol. The van der Waals surface area contributed by atoms with Crippen molar-refractivity contribution in [3.05, 3.63) is 51.4 Å². The van der Waals surface area contributed by atoms with Gasteiger partial charge in [0.15, 0.2) is 0 Å². The van der Waals surface area contributed by atoms with Gasteiger partial charge in [-0.25, -0.2) is 14.0 Å². The quantitative estimate of drug-likeness (QED) is 0.227. The lowest BCUT2D eigenvalue weighted by molar-refractivity contribution is -0.181. The number of aromatic carboxylic acids is 2. The molecule has 2 aliphatic carbocycles. The Balaban J connectivity index is 0.000000331. The Kier molecular flexibility index (Phi) is 13.5. The maximum atomic E-state index is 12.2. The monoisotopic (exact) mass is 558 g/mol. The smallest absolute Gasteiger partial charge is 0.391 e. The van der Waals surface area contributed by atoms with Crippen molar-refractivity contribution in [2.75, 3.05) is 0 Å².